The van der Waals surface area contributed by atoms with Gasteiger partial charge in [0.2, 0.25) is 0 Å². The first-order valence-corrected chi connectivity index (χ1v) is 19.7. The number of nitrogens with two attached hydrogens (primary N) is 1. The molecule has 4 bridgehead atoms. The maximum Gasteiger partial charge on any atom is 0.303 e. The van der Waals surface area contributed by atoms with Crippen molar-refractivity contribution in [3.05, 3.63) is 88.9 Å². The lowest BCUT2D eigenvalue weighted by Gasteiger charge is -2.30. The van der Waals surface area contributed by atoms with E-state index in [0.29, 0.717) is 42.4 Å². The van der Waals surface area contributed by atoms with Gasteiger partial charge in [0, 0.05) is 30.6 Å². The van der Waals surface area contributed by atoms with Gasteiger partial charge in [-0.15, -0.1) is 0 Å². The molecule has 0 fully saturated rings. The van der Waals surface area contributed by atoms with E-state index >= 15 is 8.78 Å². The third kappa shape index (κ3) is 7.34. The number of nitrogens with zero attached hydrogens (tertiary/aromatic N) is 3. The van der Waals surface area contributed by atoms with Crippen molar-refractivity contribution < 1.29 is 31.3 Å². The predicted octanol–water partition coefficient (Wildman–Crippen LogP) is 6.48. The minimum Gasteiger partial charge on any atom is -0.481 e. The smallest absolute Gasteiger partial charge is 0.303 e. The molecule has 10 nitrogen and oxygen atoms in total. The number of halogens is 2. The van der Waals surface area contributed by atoms with E-state index in [1.807, 2.05) is 45.0 Å². The van der Waals surface area contributed by atoms with Crippen molar-refractivity contribution in [1.29, 1.82) is 0 Å². The Morgan fingerprint density at radius 3 is 2.61 bits per heavy atom. The highest BCUT2D eigenvalue weighted by Gasteiger charge is 2.36. The van der Waals surface area contributed by atoms with Gasteiger partial charge in [-0.25, -0.2) is 31.1 Å². The number of hydrogen-bond acceptors (Lipinski definition) is 7. The molecule has 51 heavy (non-hydrogen) atoms. The van der Waals surface area contributed by atoms with Gasteiger partial charge in [0.15, 0.2) is 21.5 Å². The van der Waals surface area contributed by atoms with Crippen molar-refractivity contribution >= 4 is 43.2 Å². The number of carbonyl (C=O) groups is 1. The summed E-state index contributed by atoms with van der Waals surface area (Å²) in [5.41, 5.74) is 6.91. The normalized spacial score (nSPS) is 20.7. The van der Waals surface area contributed by atoms with Gasteiger partial charge in [-0.05, 0) is 79.0 Å². The van der Waals surface area contributed by atoms with E-state index in [1.165, 1.54) is 16.8 Å². The van der Waals surface area contributed by atoms with Gasteiger partial charge in [-0.1, -0.05) is 44.5 Å². The number of anilines is 1. The van der Waals surface area contributed by atoms with Crippen LogP contribution in [0.3, 0.4) is 0 Å². The lowest BCUT2D eigenvalue weighted by Crippen LogP contribution is -2.29. The maximum absolute atomic E-state index is 15.9. The molecule has 0 radical (unpaired) electrons. The van der Waals surface area contributed by atoms with E-state index < -0.39 is 49.1 Å². The zero-order chi connectivity index (χ0) is 36.9. The Morgan fingerprint density at radius 2 is 1.86 bits per heavy atom. The number of aromatic amines is 1. The molecule has 0 spiro atoms. The van der Waals surface area contributed by atoms with Crippen LogP contribution in [0.15, 0.2) is 64.5 Å². The van der Waals surface area contributed by atoms with Gasteiger partial charge < -0.3 is 15.8 Å². The summed E-state index contributed by atoms with van der Waals surface area (Å²) in [6, 6.07) is 12.8. The Bertz CT molecular complexity index is 2300. The molecule has 1 aliphatic heterocycles. The summed E-state index contributed by atoms with van der Waals surface area (Å²) in [4.78, 5) is 18.9. The quantitative estimate of drug-likeness (QED) is 0.177. The van der Waals surface area contributed by atoms with Crippen LogP contribution in [0.5, 0.6) is 0 Å². The number of hydrogen-bond donors (Lipinski definition) is 3. The Balaban J connectivity index is 1.55. The minimum atomic E-state index is -3.68. The molecule has 0 aliphatic carbocycles. The van der Waals surface area contributed by atoms with E-state index in [4.69, 9.17) is 15.8 Å². The third-order valence-corrected chi connectivity index (χ3v) is 13.5. The number of benzene rings is 3. The largest absolute Gasteiger partial charge is 0.481 e. The predicted molar refractivity (Wildman–Crippen MR) is 193 cm³/mol. The van der Waals surface area contributed by atoms with Crippen molar-refractivity contribution in [2.75, 3.05) is 17.2 Å². The van der Waals surface area contributed by atoms with Crippen LogP contribution in [0, 0.1) is 17.0 Å². The zero-order valence-corrected chi connectivity index (χ0v) is 30.6. The van der Waals surface area contributed by atoms with Crippen LogP contribution in [0.4, 0.5) is 14.5 Å². The summed E-state index contributed by atoms with van der Waals surface area (Å²) < 4.78 is 74.9. The highest BCUT2D eigenvalue weighted by Crippen LogP contribution is 2.40. The Labute approximate surface area is 297 Å². The van der Waals surface area contributed by atoms with Crippen LogP contribution >= 0.6 is 0 Å². The number of H-pyrrole nitrogens is 1. The molecule has 4 N–H and O–H groups in total. The molecule has 1 aliphatic rings. The van der Waals surface area contributed by atoms with Gasteiger partial charge in [-0.3, -0.25) is 4.79 Å². The fourth-order valence-electron chi connectivity index (χ4n) is 7.16. The fourth-order valence-corrected chi connectivity index (χ4v) is 10.5. The monoisotopic (exact) mass is 737 g/mol. The molecule has 2 aromatic heterocycles. The van der Waals surface area contributed by atoms with Crippen molar-refractivity contribution in [3.63, 3.8) is 0 Å². The molecular formula is C37H41F2N5O5S2. The van der Waals surface area contributed by atoms with Gasteiger partial charge in [0.25, 0.3) is 0 Å². The molecule has 2 atom stereocenters. The van der Waals surface area contributed by atoms with Crippen LogP contribution < -0.4 is 5.73 Å². The minimum absolute atomic E-state index is 0.0409. The number of aliphatic carboxylic acids is 1. The van der Waals surface area contributed by atoms with Crippen LogP contribution in [-0.4, -0.2) is 55.0 Å². The van der Waals surface area contributed by atoms with Crippen molar-refractivity contribution in [3.8, 4) is 11.4 Å². The summed E-state index contributed by atoms with van der Waals surface area (Å²) in [7, 11) is -4.34. The second kappa shape index (κ2) is 13.6. The second-order valence-electron chi connectivity index (χ2n) is 14.4. The van der Waals surface area contributed by atoms with Crippen LogP contribution in [0.2, 0.25) is 0 Å². The van der Waals surface area contributed by atoms with E-state index in [-0.39, 0.29) is 56.8 Å². The molecule has 0 saturated carbocycles. The lowest BCUT2D eigenvalue weighted by molar-refractivity contribution is -0.136. The van der Waals surface area contributed by atoms with Gasteiger partial charge in [-0.2, -0.15) is 5.10 Å². The first kappa shape index (κ1) is 36.4. The number of nitrogen functional groups attached to an aromatic ring is 1. The molecule has 3 heterocycles. The average molecular weight is 738 g/mol. The lowest BCUT2D eigenvalue weighted by atomic mass is 9.75. The Kier molecular flexibility index (Phi) is 9.70. The number of fused-ring (bicyclic) bond motifs is 8. The first-order chi connectivity index (χ1) is 24.0. The van der Waals surface area contributed by atoms with Crippen molar-refractivity contribution in [2.24, 2.45) is 12.5 Å². The number of nitrogens with one attached hydrogen (secondary N) is 1. The van der Waals surface area contributed by atoms with Gasteiger partial charge >= 0.3 is 5.97 Å². The number of sulfone groups is 1. The number of carboxylic acid groups (broad SMARTS) is 1. The SMILES string of the molecule is Cn1nc2nc1-c1cc(c(N)cc1F)S(=O)c1c(F)cc3[nH]ccc3c1CCS(=O)(=O)CC(C)(C)CCC[C@]2(C)c1cccc(CCC(=O)O)c1. The molecule has 3 aromatic carbocycles. The molecule has 270 valence electrons. The summed E-state index contributed by atoms with van der Waals surface area (Å²) in [6.07, 6.45) is 3.41. The maximum atomic E-state index is 15.9. The van der Waals surface area contributed by atoms with E-state index in [1.54, 1.807) is 19.3 Å². The standard InChI is InChI=1S/C37H41F2N5O5S2/c1-36(2)13-6-14-37(3,23-8-5-7-22(17-23)9-10-32(45)46)35-42-34(44(4)43-35)26-18-31(29(40)19-27(26)38)50(47)33-25(12-16-51(48,49)21-36)24-11-15-41-30(24)20-28(33)39/h5,7-8,11,15,17-20,41H,6,9-10,12-14,16,21,40H2,1-4H3,(H,45,46)/t37-,50?/m1/s1. The first-order valence-electron chi connectivity index (χ1n) is 16.7. The molecule has 5 aromatic rings. The Morgan fingerprint density at radius 1 is 1.10 bits per heavy atom. The number of aromatic nitrogens is 4. The topological polar surface area (TPSA) is 161 Å². The van der Waals surface area contributed by atoms with Crippen LogP contribution in [-0.2, 0) is 50.7 Å². The van der Waals surface area contributed by atoms with Crippen LogP contribution in [0.1, 0.15) is 69.0 Å². The summed E-state index contributed by atoms with van der Waals surface area (Å²) in [6.45, 7) is 5.76. The number of aryl methyl sites for hydroxylation is 3. The molecule has 1 unspecified atom stereocenters. The van der Waals surface area contributed by atoms with Crippen molar-refractivity contribution in [2.45, 2.75) is 74.5 Å². The van der Waals surface area contributed by atoms with E-state index in [0.717, 1.165) is 17.2 Å². The fraction of sp³-hybridized carbons (Fsp3) is 0.378. The molecule has 0 saturated heterocycles. The van der Waals surface area contributed by atoms with E-state index in [9.17, 15) is 22.5 Å². The molecular weight excluding hydrogens is 697 g/mol. The van der Waals surface area contributed by atoms with E-state index in [2.05, 4.69) is 4.98 Å². The van der Waals surface area contributed by atoms with Gasteiger partial charge in [0.05, 0.1) is 48.8 Å². The second-order valence-corrected chi connectivity index (χ2v) is 18.0. The summed E-state index contributed by atoms with van der Waals surface area (Å²) in [5, 5.41) is 14.6. The zero-order valence-electron chi connectivity index (χ0n) is 28.9. The summed E-state index contributed by atoms with van der Waals surface area (Å²) in [5.74, 6) is -2.37. The van der Waals surface area contributed by atoms with Crippen LogP contribution in [0.25, 0.3) is 22.3 Å². The molecule has 6 rings (SSSR count). The molecule has 0 amide bonds. The average Bonchev–Trinajstić information content (AvgIpc) is 3.68. The summed E-state index contributed by atoms with van der Waals surface area (Å²) >= 11 is 0. The third-order valence-electron chi connectivity index (χ3n) is 9.84. The molecule has 14 heteroatoms. The van der Waals surface area contributed by atoms with Crippen molar-refractivity contribution in [1.82, 2.24) is 19.7 Å². The highest BCUT2D eigenvalue weighted by atomic mass is 32.2. The number of carboxylic acids is 1. The Hall–Kier alpha value is -4.43. The van der Waals surface area contributed by atoms with Gasteiger partial charge in [0.1, 0.15) is 11.6 Å². The number of rotatable bonds is 4. The highest BCUT2D eigenvalue weighted by molar-refractivity contribution is 7.91.